The van der Waals surface area contributed by atoms with E-state index in [0.29, 0.717) is 30.3 Å². The first kappa shape index (κ1) is 32.5. The molecule has 0 aliphatic carbocycles. The zero-order chi connectivity index (χ0) is 30.7. The molecular weight excluding hydrogens is 554 g/mol. The molecule has 3 rings (SSSR count). The largest absolute Gasteiger partial charge is 0.497 e. The Bertz CT molecular complexity index is 1410. The van der Waals surface area contributed by atoms with Crippen molar-refractivity contribution in [1.29, 1.82) is 0 Å². The molecule has 0 aliphatic rings. The molecule has 1 unspecified atom stereocenters. The van der Waals surface area contributed by atoms with Crippen LogP contribution in [0.25, 0.3) is 0 Å². The SMILES string of the molecule is CCCCNC(=O)C(C)N(Cc1ccc(OC)cc1)C(=O)CN(c1ccc(OCC)cc1)S(=O)(=O)c1ccc(C)cc1. The molecule has 0 bridgehead atoms. The number of methoxy groups -OCH3 is 1. The molecule has 0 fully saturated rings. The summed E-state index contributed by atoms with van der Waals surface area (Å²) < 4.78 is 39.8. The van der Waals surface area contributed by atoms with E-state index in [-0.39, 0.29) is 17.3 Å². The molecule has 2 amide bonds. The second-order valence-corrected chi connectivity index (χ2v) is 11.8. The molecule has 10 heteroatoms. The van der Waals surface area contributed by atoms with E-state index in [2.05, 4.69) is 5.32 Å². The van der Waals surface area contributed by atoms with Gasteiger partial charge in [-0.1, -0.05) is 43.2 Å². The molecule has 0 saturated heterocycles. The number of carbonyl (C=O) groups is 2. The fourth-order valence-corrected chi connectivity index (χ4v) is 5.70. The van der Waals surface area contributed by atoms with Crippen molar-refractivity contribution < 1.29 is 27.5 Å². The summed E-state index contributed by atoms with van der Waals surface area (Å²) >= 11 is 0. The third kappa shape index (κ3) is 8.48. The Morgan fingerprint density at radius 2 is 1.52 bits per heavy atom. The maximum atomic E-state index is 14.0. The molecule has 9 nitrogen and oxygen atoms in total. The summed E-state index contributed by atoms with van der Waals surface area (Å²) in [6.45, 7) is 7.95. The average molecular weight is 596 g/mol. The molecule has 226 valence electrons. The summed E-state index contributed by atoms with van der Waals surface area (Å²) in [7, 11) is -2.58. The lowest BCUT2D eigenvalue weighted by molar-refractivity contribution is -0.139. The van der Waals surface area contributed by atoms with Crippen LogP contribution >= 0.6 is 0 Å². The molecule has 0 spiro atoms. The van der Waals surface area contributed by atoms with Gasteiger partial charge in [-0.3, -0.25) is 13.9 Å². The number of unbranched alkanes of at least 4 members (excludes halogenated alkanes) is 1. The summed E-state index contributed by atoms with van der Waals surface area (Å²) in [5.74, 6) is 0.416. The van der Waals surface area contributed by atoms with Gasteiger partial charge < -0.3 is 19.7 Å². The number of anilines is 1. The zero-order valence-corrected chi connectivity index (χ0v) is 25.8. The van der Waals surface area contributed by atoms with Crippen molar-refractivity contribution >= 4 is 27.5 Å². The van der Waals surface area contributed by atoms with Gasteiger partial charge in [-0.05, 0) is 81.3 Å². The van der Waals surface area contributed by atoms with Crippen LogP contribution in [-0.2, 0) is 26.2 Å². The third-order valence-corrected chi connectivity index (χ3v) is 8.62. The van der Waals surface area contributed by atoms with Crippen LogP contribution in [0.5, 0.6) is 11.5 Å². The molecule has 3 aromatic rings. The Morgan fingerprint density at radius 1 is 0.905 bits per heavy atom. The Morgan fingerprint density at radius 3 is 2.10 bits per heavy atom. The minimum atomic E-state index is -4.14. The number of rotatable bonds is 15. The number of amides is 2. The van der Waals surface area contributed by atoms with Gasteiger partial charge in [0.05, 0.1) is 24.3 Å². The van der Waals surface area contributed by atoms with E-state index in [0.717, 1.165) is 28.3 Å². The molecule has 0 heterocycles. The molecule has 0 saturated carbocycles. The van der Waals surface area contributed by atoms with Gasteiger partial charge in [0.2, 0.25) is 11.8 Å². The van der Waals surface area contributed by atoms with Gasteiger partial charge in [0.25, 0.3) is 10.0 Å². The van der Waals surface area contributed by atoms with E-state index in [4.69, 9.17) is 9.47 Å². The van der Waals surface area contributed by atoms with Crippen LogP contribution in [0.15, 0.2) is 77.7 Å². The summed E-state index contributed by atoms with van der Waals surface area (Å²) in [6.07, 6.45) is 1.72. The summed E-state index contributed by atoms with van der Waals surface area (Å²) in [5, 5.41) is 2.89. The maximum absolute atomic E-state index is 14.0. The van der Waals surface area contributed by atoms with Crippen molar-refractivity contribution in [2.24, 2.45) is 0 Å². The smallest absolute Gasteiger partial charge is 0.264 e. The quantitative estimate of drug-likeness (QED) is 0.250. The second kappa shape index (κ2) is 15.3. The van der Waals surface area contributed by atoms with E-state index in [1.54, 1.807) is 62.6 Å². The number of carbonyl (C=O) groups excluding carboxylic acids is 2. The highest BCUT2D eigenvalue weighted by Crippen LogP contribution is 2.27. The van der Waals surface area contributed by atoms with Crippen LogP contribution in [-0.4, -0.2) is 58.0 Å². The standard InChI is InChI=1S/C32H41N3O6S/c1-6-8-21-33-32(37)25(4)34(22-26-11-15-28(40-5)16-12-26)31(36)23-35(27-13-17-29(18-14-27)41-7-2)42(38,39)30-19-9-24(3)10-20-30/h9-20,25H,6-8,21-23H2,1-5H3,(H,33,37). The Balaban J connectivity index is 2.00. The number of nitrogens with one attached hydrogen (secondary N) is 1. The highest BCUT2D eigenvalue weighted by atomic mass is 32.2. The number of nitrogens with zero attached hydrogens (tertiary/aromatic N) is 2. The maximum Gasteiger partial charge on any atom is 0.264 e. The number of sulfonamides is 1. The average Bonchev–Trinajstić information content (AvgIpc) is 2.99. The van der Waals surface area contributed by atoms with Gasteiger partial charge in [-0.15, -0.1) is 0 Å². The summed E-state index contributed by atoms with van der Waals surface area (Å²) in [6, 6.07) is 19.4. The van der Waals surface area contributed by atoms with Crippen LogP contribution in [0.3, 0.4) is 0 Å². The van der Waals surface area contributed by atoms with Crippen molar-refractivity contribution in [2.75, 3.05) is 31.1 Å². The fourth-order valence-electron chi connectivity index (χ4n) is 4.29. The fraction of sp³-hybridized carbons (Fsp3) is 0.375. The molecule has 0 aromatic heterocycles. The molecule has 0 aliphatic heterocycles. The predicted octanol–water partition coefficient (Wildman–Crippen LogP) is 4.93. The van der Waals surface area contributed by atoms with E-state index in [1.807, 2.05) is 32.9 Å². The van der Waals surface area contributed by atoms with Crippen molar-refractivity contribution in [3.8, 4) is 11.5 Å². The molecule has 42 heavy (non-hydrogen) atoms. The summed E-state index contributed by atoms with van der Waals surface area (Å²) in [5.41, 5.74) is 1.98. The monoisotopic (exact) mass is 595 g/mol. The normalized spacial score (nSPS) is 11.8. The first-order valence-corrected chi connectivity index (χ1v) is 15.6. The number of ether oxygens (including phenoxy) is 2. The lowest BCUT2D eigenvalue weighted by Gasteiger charge is -2.32. The Kier molecular flexibility index (Phi) is 11.8. The Hall–Kier alpha value is -4.05. The second-order valence-electron chi connectivity index (χ2n) is 9.94. The lowest BCUT2D eigenvalue weighted by atomic mass is 10.1. The molecule has 1 N–H and O–H groups in total. The summed E-state index contributed by atoms with van der Waals surface area (Å²) in [4.78, 5) is 28.6. The number of benzene rings is 3. The molecule has 0 radical (unpaired) electrons. The first-order chi connectivity index (χ1) is 20.1. The van der Waals surface area contributed by atoms with Crippen LogP contribution < -0.4 is 19.1 Å². The van der Waals surface area contributed by atoms with E-state index in [1.165, 1.54) is 17.0 Å². The van der Waals surface area contributed by atoms with Crippen molar-refractivity contribution in [3.05, 3.63) is 83.9 Å². The highest BCUT2D eigenvalue weighted by Gasteiger charge is 2.32. The van der Waals surface area contributed by atoms with Gasteiger partial charge in [-0.2, -0.15) is 0 Å². The zero-order valence-electron chi connectivity index (χ0n) is 25.0. The lowest BCUT2D eigenvalue weighted by Crippen LogP contribution is -2.51. The van der Waals surface area contributed by atoms with Crippen molar-refractivity contribution in [1.82, 2.24) is 10.2 Å². The van der Waals surface area contributed by atoms with Gasteiger partial charge in [0, 0.05) is 13.1 Å². The minimum Gasteiger partial charge on any atom is -0.497 e. The van der Waals surface area contributed by atoms with E-state index in [9.17, 15) is 18.0 Å². The topological polar surface area (TPSA) is 105 Å². The van der Waals surface area contributed by atoms with Crippen LogP contribution in [0.4, 0.5) is 5.69 Å². The number of hydrogen-bond acceptors (Lipinski definition) is 6. The van der Waals surface area contributed by atoms with Gasteiger partial charge in [0.15, 0.2) is 0 Å². The molecular formula is C32H41N3O6S. The van der Waals surface area contributed by atoms with Gasteiger partial charge in [-0.25, -0.2) is 8.42 Å². The van der Waals surface area contributed by atoms with Crippen LogP contribution in [0, 0.1) is 6.92 Å². The highest BCUT2D eigenvalue weighted by molar-refractivity contribution is 7.92. The molecule has 3 aromatic carbocycles. The molecule has 1 atom stereocenters. The van der Waals surface area contributed by atoms with E-state index >= 15 is 0 Å². The Labute approximate surface area is 249 Å². The van der Waals surface area contributed by atoms with E-state index < -0.39 is 28.5 Å². The van der Waals surface area contributed by atoms with Crippen molar-refractivity contribution in [3.63, 3.8) is 0 Å². The number of aryl methyl sites for hydroxylation is 1. The number of hydrogen-bond donors (Lipinski definition) is 1. The van der Waals surface area contributed by atoms with Crippen LogP contribution in [0.1, 0.15) is 44.7 Å². The first-order valence-electron chi connectivity index (χ1n) is 14.1. The predicted molar refractivity (Wildman–Crippen MR) is 164 cm³/mol. The van der Waals surface area contributed by atoms with Gasteiger partial charge >= 0.3 is 0 Å². The van der Waals surface area contributed by atoms with Crippen molar-refractivity contribution in [2.45, 2.75) is 58.0 Å². The van der Waals surface area contributed by atoms with Crippen LogP contribution in [0.2, 0.25) is 0 Å². The third-order valence-electron chi connectivity index (χ3n) is 6.83. The van der Waals surface area contributed by atoms with Gasteiger partial charge in [0.1, 0.15) is 24.1 Å². The minimum absolute atomic E-state index is 0.0573.